The second kappa shape index (κ2) is 7.23. The molecule has 0 atom stereocenters. The molecule has 4 nitrogen and oxygen atoms in total. The predicted molar refractivity (Wildman–Crippen MR) is 104 cm³/mol. The molecule has 1 aromatic carbocycles. The van der Waals surface area contributed by atoms with Gasteiger partial charge in [-0.3, -0.25) is 4.79 Å². The molecule has 25 heavy (non-hydrogen) atoms. The van der Waals surface area contributed by atoms with Crippen LogP contribution in [0.2, 0.25) is 0 Å². The summed E-state index contributed by atoms with van der Waals surface area (Å²) in [6.07, 6.45) is 1.29. The van der Waals surface area contributed by atoms with E-state index < -0.39 is 0 Å². The Bertz CT molecular complexity index is 890. The molecule has 0 saturated heterocycles. The molecule has 0 saturated carbocycles. The van der Waals surface area contributed by atoms with Crippen molar-refractivity contribution in [1.29, 1.82) is 0 Å². The van der Waals surface area contributed by atoms with Gasteiger partial charge < -0.3 is 9.88 Å². The van der Waals surface area contributed by atoms with Crippen molar-refractivity contribution in [3.8, 4) is 11.3 Å². The van der Waals surface area contributed by atoms with E-state index in [-0.39, 0.29) is 5.91 Å². The molecule has 3 aromatic rings. The smallest absolute Gasteiger partial charge is 0.231 e. The van der Waals surface area contributed by atoms with Gasteiger partial charge in [0.2, 0.25) is 5.91 Å². The highest BCUT2D eigenvalue weighted by molar-refractivity contribution is 7.10. The molecule has 0 fully saturated rings. The van der Waals surface area contributed by atoms with Crippen LogP contribution >= 0.6 is 11.3 Å². The summed E-state index contributed by atoms with van der Waals surface area (Å²) in [5, 5.41) is 5.80. The van der Waals surface area contributed by atoms with Gasteiger partial charge in [-0.1, -0.05) is 19.1 Å². The highest BCUT2D eigenvalue weighted by Crippen LogP contribution is 2.27. The number of carbonyl (C=O) groups excluding carboxylic acids is 1. The van der Waals surface area contributed by atoms with Gasteiger partial charge in [-0.05, 0) is 44.0 Å². The zero-order valence-corrected chi connectivity index (χ0v) is 15.9. The fraction of sp³-hybridized carbons (Fsp3) is 0.300. The third kappa shape index (κ3) is 3.82. The second-order valence-corrected chi connectivity index (χ2v) is 7.19. The first kappa shape index (κ1) is 17.4. The van der Waals surface area contributed by atoms with Crippen molar-refractivity contribution in [1.82, 2.24) is 9.55 Å². The Kier molecular flexibility index (Phi) is 5.04. The molecule has 0 radical (unpaired) electrons. The van der Waals surface area contributed by atoms with Crippen LogP contribution in [0.3, 0.4) is 0 Å². The van der Waals surface area contributed by atoms with Crippen LogP contribution in [0.25, 0.3) is 11.3 Å². The molecule has 5 heteroatoms. The van der Waals surface area contributed by atoms with E-state index in [4.69, 9.17) is 0 Å². The van der Waals surface area contributed by atoms with Crippen molar-refractivity contribution in [2.24, 2.45) is 7.05 Å². The highest BCUT2D eigenvalue weighted by atomic mass is 32.1. The molecular weight excluding hydrogens is 330 g/mol. The number of anilines is 1. The summed E-state index contributed by atoms with van der Waals surface area (Å²) in [5.41, 5.74) is 6.56. The molecule has 0 aliphatic carbocycles. The Balaban J connectivity index is 1.68. The number of aryl methyl sites for hydroxylation is 2. The summed E-state index contributed by atoms with van der Waals surface area (Å²) >= 11 is 1.53. The van der Waals surface area contributed by atoms with E-state index in [1.54, 1.807) is 0 Å². The number of rotatable bonds is 5. The number of amides is 1. The number of hydrogen-bond acceptors (Lipinski definition) is 3. The summed E-state index contributed by atoms with van der Waals surface area (Å²) in [5.74, 6) is -0.0360. The summed E-state index contributed by atoms with van der Waals surface area (Å²) < 4.78 is 2.15. The van der Waals surface area contributed by atoms with Crippen molar-refractivity contribution in [2.45, 2.75) is 33.6 Å². The normalized spacial score (nSPS) is 10.9. The van der Waals surface area contributed by atoms with Gasteiger partial charge >= 0.3 is 0 Å². The van der Waals surface area contributed by atoms with Crippen LogP contribution in [0.1, 0.15) is 28.9 Å². The summed E-state index contributed by atoms with van der Waals surface area (Å²) in [7, 11) is 2.05. The lowest BCUT2D eigenvalue weighted by Crippen LogP contribution is -2.14. The lowest BCUT2D eigenvalue weighted by atomic mass is 10.1. The number of hydrogen-bond donors (Lipinski definition) is 1. The molecular formula is C20H23N3OS. The van der Waals surface area contributed by atoms with Crippen LogP contribution in [0, 0.1) is 13.8 Å². The van der Waals surface area contributed by atoms with Crippen LogP contribution in [-0.4, -0.2) is 15.5 Å². The molecule has 0 unspecified atom stereocenters. The standard InChI is InChI=1S/C20H23N3OS/c1-5-15-6-8-16(9-7-15)21-19(24)11-20-22-18(12-25-20)17-10-13(2)23(4)14(17)3/h6-10,12H,5,11H2,1-4H3,(H,21,24). The maximum absolute atomic E-state index is 12.3. The van der Waals surface area contributed by atoms with Crippen LogP contribution in [-0.2, 0) is 24.7 Å². The van der Waals surface area contributed by atoms with Crippen LogP contribution in [0.15, 0.2) is 35.7 Å². The molecule has 2 heterocycles. The quantitative estimate of drug-likeness (QED) is 0.733. The Morgan fingerprint density at radius 1 is 1.24 bits per heavy atom. The molecule has 130 valence electrons. The number of nitrogens with one attached hydrogen (secondary N) is 1. The minimum Gasteiger partial charge on any atom is -0.351 e. The number of aromatic nitrogens is 2. The first-order valence-electron chi connectivity index (χ1n) is 8.44. The van der Waals surface area contributed by atoms with Crippen LogP contribution in [0.5, 0.6) is 0 Å². The molecule has 0 spiro atoms. The Morgan fingerprint density at radius 2 is 1.96 bits per heavy atom. The van der Waals surface area contributed by atoms with Crippen molar-refractivity contribution in [3.05, 3.63) is 57.7 Å². The molecule has 1 N–H and O–H groups in total. The van der Waals surface area contributed by atoms with Gasteiger partial charge in [-0.25, -0.2) is 4.98 Å². The summed E-state index contributed by atoms with van der Waals surface area (Å²) in [4.78, 5) is 16.9. The van der Waals surface area contributed by atoms with Gasteiger partial charge in [0.1, 0.15) is 5.01 Å². The number of nitrogens with zero attached hydrogens (tertiary/aromatic N) is 2. The first-order valence-corrected chi connectivity index (χ1v) is 9.32. The van der Waals surface area contributed by atoms with E-state index in [1.807, 2.05) is 29.6 Å². The largest absolute Gasteiger partial charge is 0.351 e. The lowest BCUT2D eigenvalue weighted by Gasteiger charge is -2.05. The van der Waals surface area contributed by atoms with E-state index in [0.29, 0.717) is 6.42 Å². The Hall–Kier alpha value is -2.40. The van der Waals surface area contributed by atoms with Crippen molar-refractivity contribution >= 4 is 22.9 Å². The molecule has 2 aromatic heterocycles. The van der Waals surface area contributed by atoms with E-state index in [0.717, 1.165) is 28.4 Å². The monoisotopic (exact) mass is 353 g/mol. The molecule has 0 aliphatic rings. The zero-order chi connectivity index (χ0) is 18.0. The topological polar surface area (TPSA) is 46.9 Å². The second-order valence-electron chi connectivity index (χ2n) is 6.25. The highest BCUT2D eigenvalue weighted by Gasteiger charge is 2.13. The van der Waals surface area contributed by atoms with Crippen LogP contribution < -0.4 is 5.32 Å². The van der Waals surface area contributed by atoms with Crippen LogP contribution in [0.4, 0.5) is 5.69 Å². The summed E-state index contributed by atoms with van der Waals surface area (Å²) in [6, 6.07) is 10.1. The van der Waals surface area contributed by atoms with E-state index in [2.05, 4.69) is 48.8 Å². The minimum absolute atomic E-state index is 0.0360. The third-order valence-electron chi connectivity index (χ3n) is 4.56. The van der Waals surface area contributed by atoms with E-state index >= 15 is 0 Å². The Labute approximate surface area is 152 Å². The fourth-order valence-corrected chi connectivity index (χ4v) is 3.59. The van der Waals surface area contributed by atoms with Gasteiger partial charge in [0.25, 0.3) is 0 Å². The number of thiazole rings is 1. The lowest BCUT2D eigenvalue weighted by molar-refractivity contribution is -0.115. The van der Waals surface area contributed by atoms with Gasteiger partial charge in [-0.2, -0.15) is 0 Å². The predicted octanol–water partition coefficient (Wildman–Crippen LogP) is 4.51. The van der Waals surface area contributed by atoms with Crippen molar-refractivity contribution in [3.63, 3.8) is 0 Å². The fourth-order valence-electron chi connectivity index (χ4n) is 2.80. The molecule has 3 rings (SSSR count). The number of benzene rings is 1. The van der Waals surface area contributed by atoms with Crippen molar-refractivity contribution in [2.75, 3.05) is 5.32 Å². The van der Waals surface area contributed by atoms with Crippen molar-refractivity contribution < 1.29 is 4.79 Å². The van der Waals surface area contributed by atoms with E-state index in [1.165, 1.54) is 28.3 Å². The number of carbonyl (C=O) groups is 1. The zero-order valence-electron chi connectivity index (χ0n) is 15.1. The maximum atomic E-state index is 12.3. The van der Waals surface area contributed by atoms with E-state index in [9.17, 15) is 4.79 Å². The first-order chi connectivity index (χ1) is 12.0. The SMILES string of the molecule is CCc1ccc(NC(=O)Cc2nc(-c3cc(C)n(C)c3C)cs2)cc1. The summed E-state index contributed by atoms with van der Waals surface area (Å²) in [6.45, 7) is 6.29. The average molecular weight is 353 g/mol. The van der Waals surface area contributed by atoms with Gasteiger partial charge in [0.05, 0.1) is 12.1 Å². The molecule has 0 aliphatic heterocycles. The maximum Gasteiger partial charge on any atom is 0.231 e. The Morgan fingerprint density at radius 3 is 2.56 bits per heavy atom. The minimum atomic E-state index is -0.0360. The van der Waals surface area contributed by atoms with Gasteiger partial charge in [0.15, 0.2) is 0 Å². The third-order valence-corrected chi connectivity index (χ3v) is 5.41. The molecule has 0 bridgehead atoms. The van der Waals surface area contributed by atoms with Gasteiger partial charge in [0, 0.05) is 35.1 Å². The molecule has 1 amide bonds. The average Bonchev–Trinajstić information content (AvgIpc) is 3.15. The van der Waals surface area contributed by atoms with Gasteiger partial charge in [-0.15, -0.1) is 11.3 Å².